The van der Waals surface area contributed by atoms with Crippen LogP contribution in [0.4, 0.5) is 11.4 Å². The monoisotopic (exact) mass is 389 g/mol. The zero-order valence-corrected chi connectivity index (χ0v) is 15.2. The third-order valence-electron chi connectivity index (χ3n) is 3.14. The second-order valence-electron chi connectivity index (χ2n) is 4.91. The molecule has 0 amide bonds. The summed E-state index contributed by atoms with van der Waals surface area (Å²) in [7, 11) is 2.37. The number of esters is 2. The fraction of sp³-hybridized carbons (Fsp3) is 0.118. The number of aromatic nitrogens is 1. The third kappa shape index (κ3) is 5.54. The van der Waals surface area contributed by atoms with Gasteiger partial charge in [-0.05, 0) is 24.3 Å². The number of rotatable bonds is 7. The van der Waals surface area contributed by atoms with Gasteiger partial charge in [-0.25, -0.2) is 14.6 Å². The van der Waals surface area contributed by atoms with E-state index in [1.54, 1.807) is 24.3 Å². The topological polar surface area (TPSA) is 121 Å². The molecule has 2 rings (SSSR count). The van der Waals surface area contributed by atoms with Crippen LogP contribution in [0.2, 0.25) is 0 Å². The van der Waals surface area contributed by atoms with Crippen molar-refractivity contribution in [2.75, 3.05) is 19.5 Å². The molecule has 1 N–H and O–H groups in total. The fourth-order valence-electron chi connectivity index (χ4n) is 1.94. The van der Waals surface area contributed by atoms with Gasteiger partial charge in [-0.1, -0.05) is 17.8 Å². The highest BCUT2D eigenvalue weighted by molar-refractivity contribution is 7.99. The van der Waals surface area contributed by atoms with E-state index in [9.17, 15) is 19.7 Å². The number of nitrogens with zero attached hydrogens (tertiary/aromatic N) is 2. The lowest BCUT2D eigenvalue weighted by Gasteiger charge is -2.10. The lowest BCUT2D eigenvalue weighted by atomic mass is 10.3. The molecule has 0 bridgehead atoms. The van der Waals surface area contributed by atoms with E-state index in [1.807, 2.05) is 0 Å². The van der Waals surface area contributed by atoms with E-state index in [1.165, 1.54) is 32.5 Å². The van der Waals surface area contributed by atoms with Crippen molar-refractivity contribution < 1.29 is 24.0 Å². The normalized spacial score (nSPS) is 10.8. The standard InChI is InChI=1S/C17H15N3O6S/c1-25-15(21)10-13(17(22)26-2)19-11-5-3-6-12(9-11)27-16-14(20(23)24)7-4-8-18-16/h3-10,19H,1-2H3/b13-10+. The summed E-state index contributed by atoms with van der Waals surface area (Å²) < 4.78 is 9.14. The molecule has 9 nitrogen and oxygen atoms in total. The van der Waals surface area contributed by atoms with Gasteiger partial charge in [0.25, 0.3) is 0 Å². The predicted octanol–water partition coefficient (Wildman–Crippen LogP) is 2.78. The van der Waals surface area contributed by atoms with Crippen molar-refractivity contribution in [1.29, 1.82) is 0 Å². The van der Waals surface area contributed by atoms with E-state index in [2.05, 4.69) is 19.8 Å². The van der Waals surface area contributed by atoms with Gasteiger partial charge in [-0.2, -0.15) is 0 Å². The minimum atomic E-state index is -0.751. The number of benzene rings is 1. The predicted molar refractivity (Wildman–Crippen MR) is 97.2 cm³/mol. The number of hydrogen-bond acceptors (Lipinski definition) is 9. The summed E-state index contributed by atoms with van der Waals surface area (Å²) in [5.41, 5.74) is 0.246. The fourth-order valence-corrected chi connectivity index (χ4v) is 2.85. The van der Waals surface area contributed by atoms with Gasteiger partial charge in [0.05, 0.1) is 25.2 Å². The highest BCUT2D eigenvalue weighted by Gasteiger charge is 2.16. The first kappa shape index (κ1) is 19.9. The van der Waals surface area contributed by atoms with Gasteiger partial charge in [0.15, 0.2) is 5.03 Å². The summed E-state index contributed by atoms with van der Waals surface area (Å²) in [6.45, 7) is 0. The number of nitrogens with one attached hydrogen (secondary N) is 1. The Morgan fingerprint density at radius 2 is 2.00 bits per heavy atom. The van der Waals surface area contributed by atoms with Crippen LogP contribution in [-0.4, -0.2) is 36.1 Å². The van der Waals surface area contributed by atoms with Crippen LogP contribution in [0.3, 0.4) is 0 Å². The van der Waals surface area contributed by atoms with Gasteiger partial charge in [0.1, 0.15) is 5.70 Å². The molecule has 0 unspecified atom stereocenters. The Labute approximate surface area is 158 Å². The van der Waals surface area contributed by atoms with Crippen molar-refractivity contribution in [2.24, 2.45) is 0 Å². The number of carbonyl (C=O) groups excluding carboxylic acids is 2. The van der Waals surface area contributed by atoms with Gasteiger partial charge in [0.2, 0.25) is 0 Å². The molecule has 0 aliphatic rings. The van der Waals surface area contributed by atoms with E-state index in [4.69, 9.17) is 0 Å². The minimum absolute atomic E-state index is 0.110. The first-order chi connectivity index (χ1) is 12.9. The van der Waals surface area contributed by atoms with Crippen LogP contribution in [0.1, 0.15) is 0 Å². The summed E-state index contributed by atoms with van der Waals surface area (Å²) in [5, 5.41) is 14.1. The highest BCUT2D eigenvalue weighted by atomic mass is 32.2. The smallest absolute Gasteiger partial charge is 0.354 e. The first-order valence-corrected chi connectivity index (χ1v) is 8.28. The molecule has 0 saturated heterocycles. The number of carbonyl (C=O) groups is 2. The number of methoxy groups -OCH3 is 2. The maximum Gasteiger partial charge on any atom is 0.354 e. The number of hydrogen-bond donors (Lipinski definition) is 1. The molecule has 0 saturated carbocycles. The lowest BCUT2D eigenvalue weighted by Crippen LogP contribution is -2.15. The maximum absolute atomic E-state index is 11.8. The molecule has 0 atom stereocenters. The average Bonchev–Trinajstić information content (AvgIpc) is 2.67. The molecule has 0 aliphatic carbocycles. The second-order valence-corrected chi connectivity index (χ2v) is 5.97. The van der Waals surface area contributed by atoms with Crippen molar-refractivity contribution in [2.45, 2.75) is 9.92 Å². The number of anilines is 1. The van der Waals surface area contributed by atoms with Crippen LogP contribution in [0.5, 0.6) is 0 Å². The SMILES string of the molecule is COC(=O)/C=C(/Nc1cccc(Sc2ncccc2[N+](=O)[O-])c1)C(=O)OC. The molecule has 0 fully saturated rings. The molecular formula is C17H15N3O6S. The molecule has 1 aromatic heterocycles. The van der Waals surface area contributed by atoms with E-state index < -0.39 is 16.9 Å². The van der Waals surface area contributed by atoms with Crippen LogP contribution in [-0.2, 0) is 19.1 Å². The maximum atomic E-state index is 11.8. The second kappa shape index (κ2) is 9.34. The molecule has 27 heavy (non-hydrogen) atoms. The molecule has 1 heterocycles. The van der Waals surface area contributed by atoms with Gasteiger partial charge in [0, 0.05) is 22.8 Å². The van der Waals surface area contributed by atoms with Crippen molar-refractivity contribution in [3.05, 3.63) is 64.5 Å². The molecule has 0 radical (unpaired) electrons. The van der Waals surface area contributed by atoms with Crippen molar-refractivity contribution in [3.63, 3.8) is 0 Å². The molecule has 0 aliphatic heterocycles. The quantitative estimate of drug-likeness (QED) is 0.330. The van der Waals surface area contributed by atoms with Gasteiger partial charge in [-0.3, -0.25) is 10.1 Å². The minimum Gasteiger partial charge on any atom is -0.466 e. The van der Waals surface area contributed by atoms with E-state index in [0.29, 0.717) is 10.6 Å². The van der Waals surface area contributed by atoms with Crippen molar-refractivity contribution >= 4 is 35.1 Å². The largest absolute Gasteiger partial charge is 0.466 e. The lowest BCUT2D eigenvalue weighted by molar-refractivity contribution is -0.388. The van der Waals surface area contributed by atoms with E-state index in [-0.39, 0.29) is 16.4 Å². The molecule has 1 aromatic carbocycles. The van der Waals surface area contributed by atoms with Gasteiger partial charge < -0.3 is 14.8 Å². The Morgan fingerprint density at radius 1 is 1.22 bits per heavy atom. The third-order valence-corrected chi connectivity index (χ3v) is 4.14. The van der Waals surface area contributed by atoms with Crippen LogP contribution >= 0.6 is 11.8 Å². The summed E-state index contributed by atoms with van der Waals surface area (Å²) in [5.74, 6) is -1.48. The molecule has 140 valence electrons. The number of pyridine rings is 1. The van der Waals surface area contributed by atoms with Gasteiger partial charge in [-0.15, -0.1) is 0 Å². The Hall–Kier alpha value is -3.40. The van der Waals surface area contributed by atoms with Crippen molar-refractivity contribution in [3.8, 4) is 0 Å². The Balaban J connectivity index is 2.27. The molecule has 0 spiro atoms. The number of ether oxygens (including phenoxy) is 2. The Bertz CT molecular complexity index is 900. The van der Waals surface area contributed by atoms with Crippen molar-refractivity contribution in [1.82, 2.24) is 4.98 Å². The zero-order valence-electron chi connectivity index (χ0n) is 14.4. The molecule has 10 heteroatoms. The average molecular weight is 389 g/mol. The summed E-state index contributed by atoms with van der Waals surface area (Å²) in [4.78, 5) is 38.5. The highest BCUT2D eigenvalue weighted by Crippen LogP contribution is 2.33. The summed E-state index contributed by atoms with van der Waals surface area (Å²) >= 11 is 1.10. The van der Waals surface area contributed by atoms with Crippen LogP contribution in [0, 0.1) is 10.1 Å². The van der Waals surface area contributed by atoms with Crippen LogP contribution in [0.25, 0.3) is 0 Å². The molecule has 2 aromatic rings. The number of nitro groups is 1. The zero-order chi connectivity index (χ0) is 19.8. The molecular weight excluding hydrogens is 374 g/mol. The summed E-state index contributed by atoms with van der Waals surface area (Å²) in [6, 6.07) is 9.58. The van der Waals surface area contributed by atoms with Crippen LogP contribution in [0.15, 0.2) is 64.3 Å². The Kier molecular flexibility index (Phi) is 6.89. The van der Waals surface area contributed by atoms with E-state index in [0.717, 1.165) is 17.8 Å². The van der Waals surface area contributed by atoms with Crippen LogP contribution < -0.4 is 5.32 Å². The van der Waals surface area contributed by atoms with Gasteiger partial charge >= 0.3 is 17.6 Å². The Morgan fingerprint density at radius 3 is 2.67 bits per heavy atom. The summed E-state index contributed by atoms with van der Waals surface area (Å²) in [6.07, 6.45) is 2.43. The first-order valence-electron chi connectivity index (χ1n) is 7.47. The van der Waals surface area contributed by atoms with E-state index >= 15 is 0 Å².